The zero-order valence-electron chi connectivity index (χ0n) is 11.1. The number of esters is 1. The van der Waals surface area contributed by atoms with Crippen molar-refractivity contribution >= 4 is 33.1 Å². The highest BCUT2D eigenvalue weighted by atomic mass is 32.1. The Morgan fingerprint density at radius 3 is 2.67 bits per heavy atom. The molecule has 0 amide bonds. The monoisotopic (exact) mass is 263 g/mol. The molecule has 3 nitrogen and oxygen atoms in total. The van der Waals surface area contributed by atoms with Crippen LogP contribution < -0.4 is 4.90 Å². The second-order valence-electron chi connectivity index (χ2n) is 4.73. The van der Waals surface area contributed by atoms with Gasteiger partial charge in [-0.3, -0.25) is 0 Å². The van der Waals surface area contributed by atoms with Crippen LogP contribution >= 0.6 is 11.3 Å². The average molecular weight is 263 g/mol. The first-order valence-electron chi connectivity index (χ1n) is 5.77. The van der Waals surface area contributed by atoms with Crippen molar-refractivity contribution in [1.29, 1.82) is 0 Å². The van der Waals surface area contributed by atoms with Crippen LogP contribution in [0.2, 0.25) is 0 Å². The van der Waals surface area contributed by atoms with Gasteiger partial charge in [0.25, 0.3) is 0 Å². The minimum absolute atomic E-state index is 0.236. The van der Waals surface area contributed by atoms with Crippen LogP contribution in [-0.2, 0) is 9.53 Å². The number of hydrogen-bond donors (Lipinski definition) is 0. The zero-order chi connectivity index (χ0) is 13.3. The van der Waals surface area contributed by atoms with E-state index in [0.29, 0.717) is 0 Å². The second-order valence-corrected chi connectivity index (χ2v) is 5.64. The third-order valence-electron chi connectivity index (χ3n) is 3.35. The quantitative estimate of drug-likeness (QED) is 0.796. The van der Waals surface area contributed by atoms with Gasteiger partial charge in [0.15, 0.2) is 0 Å². The lowest BCUT2D eigenvalue weighted by molar-refractivity contribution is -0.145. The van der Waals surface area contributed by atoms with Crippen molar-refractivity contribution in [2.45, 2.75) is 19.4 Å². The van der Waals surface area contributed by atoms with Gasteiger partial charge in [0.05, 0.1) is 12.8 Å². The van der Waals surface area contributed by atoms with Crippen LogP contribution in [-0.4, -0.2) is 25.7 Å². The summed E-state index contributed by atoms with van der Waals surface area (Å²) in [6, 6.07) is 8.19. The number of anilines is 1. The molecule has 0 aliphatic carbocycles. The van der Waals surface area contributed by atoms with Crippen LogP contribution in [0.15, 0.2) is 29.6 Å². The number of fused-ring (bicyclic) bond motifs is 1. The van der Waals surface area contributed by atoms with Crippen molar-refractivity contribution in [3.05, 3.63) is 29.6 Å². The first-order chi connectivity index (χ1) is 8.48. The van der Waals surface area contributed by atoms with Gasteiger partial charge in [-0.25, -0.2) is 4.79 Å². The van der Waals surface area contributed by atoms with E-state index >= 15 is 0 Å². The van der Waals surface area contributed by atoms with Crippen molar-refractivity contribution in [3.63, 3.8) is 0 Å². The Hall–Kier alpha value is -1.55. The lowest BCUT2D eigenvalue weighted by Gasteiger charge is -2.34. The maximum atomic E-state index is 11.8. The highest BCUT2D eigenvalue weighted by Crippen LogP contribution is 2.35. The number of carbonyl (C=O) groups excluding carboxylic acids is 1. The minimum Gasteiger partial charge on any atom is -0.467 e. The summed E-state index contributed by atoms with van der Waals surface area (Å²) in [4.78, 5) is 13.8. The summed E-state index contributed by atoms with van der Waals surface area (Å²) < 4.78 is 6.09. The molecule has 2 rings (SSSR count). The summed E-state index contributed by atoms with van der Waals surface area (Å²) in [5.74, 6) is -0.236. The SMILES string of the molecule is COC(=O)C(C)(C)N(C)c1csc2ccccc12. The topological polar surface area (TPSA) is 29.5 Å². The Morgan fingerprint density at radius 2 is 2.00 bits per heavy atom. The molecular formula is C14H17NO2S. The van der Waals surface area contributed by atoms with E-state index in [-0.39, 0.29) is 5.97 Å². The van der Waals surface area contributed by atoms with Gasteiger partial charge < -0.3 is 9.64 Å². The summed E-state index contributed by atoms with van der Waals surface area (Å²) in [6.45, 7) is 3.73. The van der Waals surface area contributed by atoms with Crippen LogP contribution in [0.25, 0.3) is 10.1 Å². The Morgan fingerprint density at radius 1 is 1.33 bits per heavy atom. The van der Waals surface area contributed by atoms with Gasteiger partial charge >= 0.3 is 5.97 Å². The summed E-state index contributed by atoms with van der Waals surface area (Å²) in [6.07, 6.45) is 0. The molecule has 0 atom stereocenters. The van der Waals surface area contributed by atoms with Crippen molar-refractivity contribution in [2.75, 3.05) is 19.1 Å². The number of methoxy groups -OCH3 is 1. The molecule has 0 unspecified atom stereocenters. The molecule has 0 saturated heterocycles. The molecule has 1 heterocycles. The molecule has 0 bridgehead atoms. The summed E-state index contributed by atoms with van der Waals surface area (Å²) in [5, 5.41) is 3.25. The summed E-state index contributed by atoms with van der Waals surface area (Å²) in [5.41, 5.74) is 0.379. The van der Waals surface area contributed by atoms with Crippen LogP contribution in [0, 0.1) is 0 Å². The molecule has 1 aromatic carbocycles. The van der Waals surface area contributed by atoms with Gasteiger partial charge in [-0.15, -0.1) is 11.3 Å². The molecule has 0 saturated carbocycles. The second kappa shape index (κ2) is 4.61. The van der Waals surface area contributed by atoms with E-state index in [2.05, 4.69) is 17.5 Å². The minimum atomic E-state index is -0.682. The van der Waals surface area contributed by atoms with E-state index in [1.807, 2.05) is 37.9 Å². The maximum Gasteiger partial charge on any atom is 0.331 e. The first-order valence-corrected chi connectivity index (χ1v) is 6.65. The van der Waals surface area contributed by atoms with Crippen LogP contribution in [0.3, 0.4) is 0 Å². The highest BCUT2D eigenvalue weighted by Gasteiger charge is 2.34. The molecule has 0 spiro atoms. The van der Waals surface area contributed by atoms with E-state index in [1.165, 1.54) is 17.2 Å². The molecule has 0 fully saturated rings. The molecule has 0 N–H and O–H groups in total. The molecule has 2 aromatic rings. The predicted octanol–water partition coefficient (Wildman–Crippen LogP) is 3.29. The van der Waals surface area contributed by atoms with E-state index in [0.717, 1.165) is 5.69 Å². The van der Waals surface area contributed by atoms with Crippen molar-refractivity contribution in [1.82, 2.24) is 0 Å². The fourth-order valence-corrected chi connectivity index (χ4v) is 2.89. The number of ether oxygens (including phenoxy) is 1. The van der Waals surface area contributed by atoms with Crippen LogP contribution in [0.4, 0.5) is 5.69 Å². The number of rotatable bonds is 3. The van der Waals surface area contributed by atoms with Gasteiger partial charge in [0.1, 0.15) is 5.54 Å². The lowest BCUT2D eigenvalue weighted by atomic mass is 10.0. The molecule has 0 aliphatic heterocycles. The number of nitrogens with zero attached hydrogens (tertiary/aromatic N) is 1. The third kappa shape index (κ3) is 1.97. The number of likely N-dealkylation sites (N-methyl/N-ethyl adjacent to an activating group) is 1. The number of thiophene rings is 1. The fraction of sp³-hybridized carbons (Fsp3) is 0.357. The molecule has 0 radical (unpaired) electrons. The van der Waals surface area contributed by atoms with Crippen molar-refractivity contribution < 1.29 is 9.53 Å². The first kappa shape index (κ1) is 12.9. The van der Waals surface area contributed by atoms with E-state index < -0.39 is 5.54 Å². The van der Waals surface area contributed by atoms with Gasteiger partial charge in [-0.05, 0) is 19.9 Å². The molecule has 96 valence electrons. The number of hydrogen-bond acceptors (Lipinski definition) is 4. The van der Waals surface area contributed by atoms with Gasteiger partial charge in [-0.2, -0.15) is 0 Å². The number of benzene rings is 1. The molecule has 1 aromatic heterocycles. The largest absolute Gasteiger partial charge is 0.467 e. The highest BCUT2D eigenvalue weighted by molar-refractivity contribution is 7.17. The van der Waals surface area contributed by atoms with Crippen molar-refractivity contribution in [3.8, 4) is 0 Å². The van der Waals surface area contributed by atoms with Gasteiger partial charge in [0.2, 0.25) is 0 Å². The number of carbonyl (C=O) groups is 1. The standard InChI is InChI=1S/C14H17NO2S/c1-14(2,13(16)17-4)15(3)11-9-18-12-8-6-5-7-10(11)12/h5-9H,1-4H3. The van der Waals surface area contributed by atoms with Crippen LogP contribution in [0.1, 0.15) is 13.8 Å². The smallest absolute Gasteiger partial charge is 0.331 e. The average Bonchev–Trinajstić information content (AvgIpc) is 2.80. The lowest BCUT2D eigenvalue weighted by Crippen LogP contribution is -2.48. The summed E-state index contributed by atoms with van der Waals surface area (Å²) in [7, 11) is 3.34. The zero-order valence-corrected chi connectivity index (χ0v) is 11.9. The molecule has 0 aliphatic rings. The normalized spacial score (nSPS) is 11.6. The fourth-order valence-electron chi connectivity index (χ4n) is 1.91. The molecular weight excluding hydrogens is 246 g/mol. The van der Waals surface area contributed by atoms with E-state index in [4.69, 9.17) is 4.74 Å². The Labute approximate surface area is 111 Å². The van der Waals surface area contributed by atoms with E-state index in [1.54, 1.807) is 11.3 Å². The maximum absolute atomic E-state index is 11.8. The van der Waals surface area contributed by atoms with Gasteiger partial charge in [0, 0.05) is 22.5 Å². The molecule has 4 heteroatoms. The Kier molecular flexibility index (Phi) is 3.30. The van der Waals surface area contributed by atoms with Gasteiger partial charge in [-0.1, -0.05) is 18.2 Å². The van der Waals surface area contributed by atoms with Crippen LogP contribution in [0.5, 0.6) is 0 Å². The summed E-state index contributed by atoms with van der Waals surface area (Å²) >= 11 is 1.68. The molecule has 18 heavy (non-hydrogen) atoms. The predicted molar refractivity (Wildman–Crippen MR) is 76.3 cm³/mol. The Balaban J connectivity index is 2.45. The van der Waals surface area contributed by atoms with E-state index in [9.17, 15) is 4.79 Å². The Bertz CT molecular complexity index is 574. The van der Waals surface area contributed by atoms with Crippen molar-refractivity contribution in [2.24, 2.45) is 0 Å². The third-order valence-corrected chi connectivity index (χ3v) is 4.30.